The van der Waals surface area contributed by atoms with Gasteiger partial charge in [0.15, 0.2) is 12.2 Å². The predicted molar refractivity (Wildman–Crippen MR) is 218 cm³/mol. The molecule has 8 rings (SSSR count). The predicted octanol–water partition coefficient (Wildman–Crippen LogP) is 8.91. The highest BCUT2D eigenvalue weighted by atomic mass is 19.3. The second-order valence-electron chi connectivity index (χ2n) is 15.9. The molecule has 10 atom stereocenters. The number of para-hydroxylation sites is 4. The van der Waals surface area contributed by atoms with Gasteiger partial charge in [0, 0.05) is 47.6 Å². The first-order chi connectivity index (χ1) is 28.8. The van der Waals surface area contributed by atoms with Crippen molar-refractivity contribution in [1.29, 1.82) is 0 Å². The zero-order chi connectivity index (χ0) is 42.6. The molecule has 4 N–H and O–H groups in total. The molecule has 2 saturated carbocycles. The number of hydrogen-bond donors (Lipinski definition) is 4. The summed E-state index contributed by atoms with van der Waals surface area (Å²) < 4.78 is 78.8. The molecule has 0 saturated heterocycles. The summed E-state index contributed by atoms with van der Waals surface area (Å²) in [5, 5.41) is 41.1. The number of ether oxygens (including phenoxy) is 4. The third-order valence-electron chi connectivity index (χ3n) is 11.7. The van der Waals surface area contributed by atoms with E-state index >= 15 is 0 Å². The van der Waals surface area contributed by atoms with Gasteiger partial charge in [0.1, 0.15) is 35.2 Å². The van der Waals surface area contributed by atoms with Gasteiger partial charge >= 0.3 is 12.2 Å². The summed E-state index contributed by atoms with van der Waals surface area (Å²) in [7, 11) is 0. The molecule has 4 aromatic rings. The van der Waals surface area contributed by atoms with Crippen LogP contribution in [0.3, 0.4) is 0 Å². The maximum Gasteiger partial charge on any atom is 0.428 e. The van der Waals surface area contributed by atoms with Gasteiger partial charge in [0.25, 0.3) is 0 Å². The van der Waals surface area contributed by atoms with E-state index in [4.69, 9.17) is 9.47 Å². The fraction of sp³-hybridized carbons (Fsp3) is 0.417. The molecule has 0 aromatic heterocycles. The first-order valence-corrected chi connectivity index (χ1v) is 20.7. The quantitative estimate of drug-likeness (QED) is 0.0736. The first-order valence-electron chi connectivity index (χ1n) is 20.7. The van der Waals surface area contributed by atoms with Crippen LogP contribution in [0.2, 0.25) is 0 Å². The maximum atomic E-state index is 14.3. The Labute approximate surface area is 347 Å². The molecule has 4 aliphatic rings. The number of alkyl halides is 4. The van der Waals surface area contributed by atoms with Crippen LogP contribution in [0.4, 0.5) is 17.6 Å². The third kappa shape index (κ3) is 9.22. The fourth-order valence-corrected chi connectivity index (χ4v) is 8.97. The van der Waals surface area contributed by atoms with Gasteiger partial charge < -0.3 is 39.4 Å². The average Bonchev–Trinajstić information content (AvgIpc) is 3.95. The Bertz CT molecular complexity index is 1950. The minimum Gasteiger partial charge on any atom is -0.489 e. The molecule has 320 valence electrons. The van der Waals surface area contributed by atoms with Crippen LogP contribution in [0.5, 0.6) is 23.0 Å². The average molecular weight is 833 g/mol. The van der Waals surface area contributed by atoms with Crippen molar-refractivity contribution in [2.75, 3.05) is 0 Å². The van der Waals surface area contributed by atoms with E-state index in [-0.39, 0.29) is 35.5 Å². The van der Waals surface area contributed by atoms with Gasteiger partial charge in [0.05, 0.1) is 12.2 Å². The molecule has 2 aliphatic heterocycles. The summed E-state index contributed by atoms with van der Waals surface area (Å²) >= 11 is 0. The molecular weight excluding hydrogens is 781 g/mol. The molecule has 2 heterocycles. The lowest BCUT2D eigenvalue weighted by Crippen LogP contribution is -2.38. The van der Waals surface area contributed by atoms with E-state index in [1.54, 1.807) is 36.4 Å². The summed E-state index contributed by atoms with van der Waals surface area (Å²) in [5.41, 5.74) is 4.26. The number of halogens is 4. The standard InChI is InChI=1S/2C24H26F2O4/c2*1-2-7-15-8-6-11-18-22-17(19(27)14-20(22)29-23(15)18)12-13-21(28)24(25,26)30-16-9-4-3-5-10-16/h2*3-6,8-13,17,19-22,27-28H,2,7,14H2,1H3/b2*13-12+/t17-,19+,20-,21+,22-;17-,19+,20-,21-,22-/m00/s1. The minimum absolute atomic E-state index is 0.0301. The Morgan fingerprint density at radius 2 is 0.983 bits per heavy atom. The van der Waals surface area contributed by atoms with E-state index in [9.17, 15) is 38.0 Å². The van der Waals surface area contributed by atoms with Crippen LogP contribution in [0.25, 0.3) is 0 Å². The van der Waals surface area contributed by atoms with Crippen LogP contribution < -0.4 is 18.9 Å². The van der Waals surface area contributed by atoms with Crippen molar-refractivity contribution >= 4 is 0 Å². The summed E-state index contributed by atoms with van der Waals surface area (Å²) in [6.45, 7) is 4.20. The van der Waals surface area contributed by atoms with Crippen LogP contribution in [-0.4, -0.2) is 69.3 Å². The largest absolute Gasteiger partial charge is 0.489 e. The van der Waals surface area contributed by atoms with Gasteiger partial charge in [0.2, 0.25) is 0 Å². The number of benzene rings is 4. The van der Waals surface area contributed by atoms with Gasteiger partial charge in [-0.1, -0.05) is 112 Å². The molecule has 4 aromatic carbocycles. The lowest BCUT2D eigenvalue weighted by Gasteiger charge is -2.22. The molecule has 0 radical (unpaired) electrons. The number of rotatable bonds is 14. The molecule has 60 heavy (non-hydrogen) atoms. The van der Waals surface area contributed by atoms with Crippen LogP contribution in [0.15, 0.2) is 121 Å². The van der Waals surface area contributed by atoms with E-state index in [0.29, 0.717) is 12.8 Å². The minimum atomic E-state index is -3.79. The van der Waals surface area contributed by atoms with Gasteiger partial charge in [-0.25, -0.2) is 0 Å². The number of aliphatic hydroxyl groups is 4. The smallest absolute Gasteiger partial charge is 0.428 e. The Morgan fingerprint density at radius 3 is 1.35 bits per heavy atom. The van der Waals surface area contributed by atoms with Crippen LogP contribution in [0.1, 0.15) is 73.6 Å². The van der Waals surface area contributed by atoms with E-state index in [1.807, 2.05) is 36.4 Å². The number of aliphatic hydroxyl groups excluding tert-OH is 4. The van der Waals surface area contributed by atoms with E-state index in [0.717, 1.165) is 71.6 Å². The van der Waals surface area contributed by atoms with Crippen molar-refractivity contribution < 1.29 is 56.9 Å². The Balaban J connectivity index is 0.000000181. The Morgan fingerprint density at radius 1 is 0.600 bits per heavy atom. The van der Waals surface area contributed by atoms with Crippen molar-refractivity contribution in [3.8, 4) is 23.0 Å². The normalized spacial score (nSPS) is 26.3. The van der Waals surface area contributed by atoms with E-state index in [2.05, 4.69) is 23.3 Å². The summed E-state index contributed by atoms with van der Waals surface area (Å²) in [6.07, 6.45) is -4.09. The molecule has 12 heteroatoms. The molecular formula is C48H52F4O8. The molecule has 2 fully saturated rings. The summed E-state index contributed by atoms with van der Waals surface area (Å²) in [6, 6.07) is 27.2. The molecule has 0 amide bonds. The highest BCUT2D eigenvalue weighted by molar-refractivity contribution is 5.50. The second-order valence-corrected chi connectivity index (χ2v) is 15.9. The van der Waals surface area contributed by atoms with E-state index < -0.39 is 48.5 Å². The summed E-state index contributed by atoms with van der Waals surface area (Å²) in [5.74, 6) is 0.564. The molecule has 0 unspecified atom stereocenters. The Hall–Kier alpha value is -4.88. The van der Waals surface area contributed by atoms with Gasteiger partial charge in [-0.05, 0) is 60.4 Å². The van der Waals surface area contributed by atoms with Gasteiger partial charge in [-0.3, -0.25) is 0 Å². The lowest BCUT2D eigenvalue weighted by molar-refractivity contribution is -0.226. The van der Waals surface area contributed by atoms with Crippen LogP contribution in [0, 0.1) is 11.8 Å². The zero-order valence-corrected chi connectivity index (χ0v) is 33.5. The maximum absolute atomic E-state index is 14.3. The first kappa shape index (κ1) is 43.2. The van der Waals surface area contributed by atoms with E-state index in [1.165, 1.54) is 36.4 Å². The fourth-order valence-electron chi connectivity index (χ4n) is 8.97. The van der Waals surface area contributed by atoms with Crippen molar-refractivity contribution in [3.63, 3.8) is 0 Å². The van der Waals surface area contributed by atoms with Gasteiger partial charge in [-0.2, -0.15) is 17.6 Å². The van der Waals surface area contributed by atoms with Crippen LogP contribution in [-0.2, 0) is 12.8 Å². The van der Waals surface area contributed by atoms with Crippen molar-refractivity contribution in [1.82, 2.24) is 0 Å². The van der Waals surface area contributed by atoms with Crippen LogP contribution >= 0.6 is 0 Å². The highest BCUT2D eigenvalue weighted by Gasteiger charge is 2.51. The summed E-state index contributed by atoms with van der Waals surface area (Å²) in [4.78, 5) is 0. The van der Waals surface area contributed by atoms with Gasteiger partial charge in [-0.15, -0.1) is 0 Å². The molecule has 0 bridgehead atoms. The lowest BCUT2D eigenvalue weighted by atomic mass is 9.86. The van der Waals surface area contributed by atoms with Crippen molar-refractivity contribution in [2.45, 2.75) is 113 Å². The number of hydrogen-bond acceptors (Lipinski definition) is 8. The topological polar surface area (TPSA) is 118 Å². The molecule has 8 nitrogen and oxygen atoms in total. The number of fused-ring (bicyclic) bond motifs is 6. The SMILES string of the molecule is CCCc1cccc2c1O[C@H]1C[C@@H](O)[C@H](/C=C/[C@@H](O)C(F)(F)Oc3ccccc3)[C@@H]21.CCCc1cccc2c1O[C@H]1C[C@@H](O)[C@H](/C=C/[C@H](O)C(F)(F)Oc3ccccc3)[C@@H]21. The molecule has 0 spiro atoms. The van der Waals surface area contributed by atoms with Crippen molar-refractivity contribution in [2.24, 2.45) is 11.8 Å². The van der Waals surface area contributed by atoms with Crippen molar-refractivity contribution in [3.05, 3.63) is 144 Å². The second kappa shape index (κ2) is 18.4. The molecule has 2 aliphatic carbocycles. The highest BCUT2D eigenvalue weighted by Crippen LogP contribution is 2.53. The zero-order valence-electron chi connectivity index (χ0n) is 33.5. The monoisotopic (exact) mass is 832 g/mol. The Kier molecular flexibility index (Phi) is 13.2. The number of aryl methyl sites for hydroxylation is 2. The third-order valence-corrected chi connectivity index (χ3v) is 11.7.